The Bertz CT molecular complexity index is 356. The van der Waals surface area contributed by atoms with Gasteiger partial charge in [-0.2, -0.15) is 4.21 Å². The summed E-state index contributed by atoms with van der Waals surface area (Å²) in [7, 11) is 0. The van der Waals surface area contributed by atoms with Crippen molar-refractivity contribution in [3.8, 4) is 5.75 Å². The average molecular weight is 222 g/mol. The van der Waals surface area contributed by atoms with Gasteiger partial charge >= 0.3 is 11.4 Å². The first-order chi connectivity index (χ1) is 6.00. The van der Waals surface area contributed by atoms with Crippen LogP contribution in [0.2, 0.25) is 5.02 Å². The second-order valence-corrected chi connectivity index (χ2v) is 3.47. The Balaban J connectivity index is 3.12. The van der Waals surface area contributed by atoms with E-state index in [1.807, 2.05) is 0 Å². The molecule has 0 bridgehead atoms. The largest absolute Gasteiger partial charge is 0.395 e. The van der Waals surface area contributed by atoms with Crippen LogP contribution in [0.4, 0.5) is 5.69 Å². The number of rotatable bonds is 2. The van der Waals surface area contributed by atoms with Gasteiger partial charge in [-0.15, -0.1) is 0 Å². The van der Waals surface area contributed by atoms with Crippen molar-refractivity contribution < 1.29 is 12.9 Å². The van der Waals surface area contributed by atoms with Gasteiger partial charge in [0.1, 0.15) is 0 Å². The molecule has 0 spiro atoms. The highest BCUT2D eigenvalue weighted by Gasteiger charge is 2.07. The first kappa shape index (κ1) is 10.3. The standard InChI is InChI=1S/C7H8ClNO3S/c1-4-2-5(8)3-6(7(4)9)12-13(10)11/h2-3H,9H2,1H3,(H,10,11). The van der Waals surface area contributed by atoms with Crippen molar-refractivity contribution in [1.29, 1.82) is 0 Å². The number of nitrogen functional groups attached to an aromatic ring is 1. The molecule has 0 amide bonds. The smallest absolute Gasteiger partial charge is 0.357 e. The van der Waals surface area contributed by atoms with Gasteiger partial charge in [-0.05, 0) is 18.6 Å². The van der Waals surface area contributed by atoms with Gasteiger partial charge in [0.15, 0.2) is 5.75 Å². The summed E-state index contributed by atoms with van der Waals surface area (Å²) < 4.78 is 23.3. The van der Waals surface area contributed by atoms with E-state index in [1.165, 1.54) is 6.07 Å². The SMILES string of the molecule is Cc1cc(Cl)cc(OS(=O)O)c1N. The molecule has 1 aromatic carbocycles. The maximum absolute atomic E-state index is 10.3. The fourth-order valence-corrected chi connectivity index (χ4v) is 1.42. The zero-order valence-corrected chi connectivity index (χ0v) is 8.35. The van der Waals surface area contributed by atoms with Crippen LogP contribution >= 0.6 is 11.6 Å². The molecule has 1 atom stereocenters. The minimum atomic E-state index is -2.38. The van der Waals surface area contributed by atoms with Crippen LogP contribution in [0.3, 0.4) is 0 Å². The Hall–Kier alpha value is -0.780. The number of benzene rings is 1. The molecule has 13 heavy (non-hydrogen) atoms. The van der Waals surface area contributed by atoms with E-state index < -0.39 is 11.4 Å². The van der Waals surface area contributed by atoms with E-state index in [0.717, 1.165) is 0 Å². The summed E-state index contributed by atoms with van der Waals surface area (Å²) in [6.45, 7) is 1.73. The van der Waals surface area contributed by atoms with Crippen LogP contribution in [0.5, 0.6) is 5.75 Å². The first-order valence-corrected chi connectivity index (χ1v) is 4.76. The number of anilines is 1. The molecule has 72 valence electrons. The van der Waals surface area contributed by atoms with Gasteiger partial charge in [0, 0.05) is 11.1 Å². The molecule has 0 aromatic heterocycles. The number of nitrogens with two attached hydrogens (primary N) is 1. The molecule has 1 unspecified atom stereocenters. The van der Waals surface area contributed by atoms with Gasteiger partial charge in [-0.3, -0.25) is 4.55 Å². The molecule has 1 rings (SSSR count). The van der Waals surface area contributed by atoms with Crippen LogP contribution in [0.15, 0.2) is 12.1 Å². The van der Waals surface area contributed by atoms with Gasteiger partial charge in [-0.25, -0.2) is 0 Å². The lowest BCUT2D eigenvalue weighted by molar-refractivity contribution is 0.459. The Kier molecular flexibility index (Phi) is 3.13. The molecule has 4 nitrogen and oxygen atoms in total. The Morgan fingerprint density at radius 2 is 2.23 bits per heavy atom. The van der Waals surface area contributed by atoms with E-state index in [-0.39, 0.29) is 5.75 Å². The summed E-state index contributed by atoms with van der Waals surface area (Å²) >= 11 is 3.31. The molecule has 1 aromatic rings. The number of hydrogen-bond donors (Lipinski definition) is 2. The highest BCUT2D eigenvalue weighted by atomic mass is 35.5. The van der Waals surface area contributed by atoms with Gasteiger partial charge in [0.2, 0.25) is 0 Å². The second kappa shape index (κ2) is 3.95. The van der Waals surface area contributed by atoms with Crippen LogP contribution < -0.4 is 9.92 Å². The lowest BCUT2D eigenvalue weighted by Crippen LogP contribution is -2.01. The lowest BCUT2D eigenvalue weighted by atomic mass is 10.2. The van der Waals surface area contributed by atoms with Crippen molar-refractivity contribution in [2.75, 3.05) is 5.73 Å². The van der Waals surface area contributed by atoms with Gasteiger partial charge in [0.05, 0.1) is 5.69 Å². The summed E-state index contributed by atoms with van der Waals surface area (Å²) in [5, 5.41) is 0.409. The summed E-state index contributed by atoms with van der Waals surface area (Å²) in [4.78, 5) is 0. The molecule has 0 saturated heterocycles. The summed E-state index contributed by atoms with van der Waals surface area (Å²) in [5.41, 5.74) is 6.58. The zero-order chi connectivity index (χ0) is 10.0. The van der Waals surface area contributed by atoms with Crippen LogP contribution in [0, 0.1) is 6.92 Å². The van der Waals surface area contributed by atoms with E-state index in [0.29, 0.717) is 16.3 Å². The Morgan fingerprint density at radius 1 is 1.62 bits per heavy atom. The highest BCUT2D eigenvalue weighted by molar-refractivity contribution is 7.74. The molecule has 0 radical (unpaired) electrons. The van der Waals surface area contributed by atoms with Gasteiger partial charge < -0.3 is 9.92 Å². The van der Waals surface area contributed by atoms with Crippen molar-refractivity contribution >= 4 is 28.6 Å². The van der Waals surface area contributed by atoms with E-state index in [1.54, 1.807) is 13.0 Å². The monoisotopic (exact) mass is 221 g/mol. The Morgan fingerprint density at radius 3 is 2.77 bits per heavy atom. The third-order valence-corrected chi connectivity index (χ3v) is 2.02. The topological polar surface area (TPSA) is 72.5 Å². The normalized spacial score (nSPS) is 12.5. The number of hydrogen-bond acceptors (Lipinski definition) is 3. The molecular formula is C7H8ClNO3S. The number of halogens is 1. The van der Waals surface area contributed by atoms with E-state index in [9.17, 15) is 4.21 Å². The van der Waals surface area contributed by atoms with Crippen LogP contribution in [-0.4, -0.2) is 8.76 Å². The quantitative estimate of drug-likeness (QED) is 0.590. The zero-order valence-electron chi connectivity index (χ0n) is 6.78. The van der Waals surface area contributed by atoms with Crippen molar-refractivity contribution in [2.45, 2.75) is 6.92 Å². The number of aryl methyl sites for hydroxylation is 1. The third kappa shape index (κ3) is 2.58. The minimum Gasteiger partial charge on any atom is -0.395 e. The molecule has 0 aliphatic heterocycles. The van der Waals surface area contributed by atoms with Crippen molar-refractivity contribution in [3.05, 3.63) is 22.7 Å². The fourth-order valence-electron chi connectivity index (χ4n) is 0.869. The molecule has 0 saturated carbocycles. The minimum absolute atomic E-state index is 0.117. The molecule has 0 aliphatic carbocycles. The Labute approximate surface area is 83.1 Å². The fraction of sp³-hybridized carbons (Fsp3) is 0.143. The average Bonchev–Trinajstić information content (AvgIpc) is 1.98. The van der Waals surface area contributed by atoms with Crippen LogP contribution in [0.1, 0.15) is 5.56 Å². The molecular weight excluding hydrogens is 214 g/mol. The maximum atomic E-state index is 10.3. The second-order valence-electron chi connectivity index (χ2n) is 2.43. The molecule has 0 heterocycles. The first-order valence-electron chi connectivity index (χ1n) is 3.35. The van der Waals surface area contributed by atoms with Crippen molar-refractivity contribution in [1.82, 2.24) is 0 Å². The van der Waals surface area contributed by atoms with Gasteiger partial charge in [0.25, 0.3) is 0 Å². The van der Waals surface area contributed by atoms with Crippen LogP contribution in [-0.2, 0) is 11.4 Å². The molecule has 0 fully saturated rings. The van der Waals surface area contributed by atoms with Gasteiger partial charge in [-0.1, -0.05) is 11.6 Å². The van der Waals surface area contributed by atoms with E-state index in [4.69, 9.17) is 21.9 Å². The van der Waals surface area contributed by atoms with E-state index in [2.05, 4.69) is 4.18 Å². The predicted molar refractivity (Wildman–Crippen MR) is 52.0 cm³/mol. The summed E-state index contributed by atoms with van der Waals surface area (Å²) in [6, 6.07) is 3.03. The molecule has 0 aliphatic rings. The maximum Gasteiger partial charge on any atom is 0.357 e. The summed E-state index contributed by atoms with van der Waals surface area (Å²) in [6.07, 6.45) is 0. The molecule has 3 N–H and O–H groups in total. The lowest BCUT2D eigenvalue weighted by Gasteiger charge is -2.07. The predicted octanol–water partition coefficient (Wildman–Crippen LogP) is 1.75. The third-order valence-electron chi connectivity index (χ3n) is 1.47. The summed E-state index contributed by atoms with van der Waals surface area (Å²) in [5.74, 6) is 0.117. The van der Waals surface area contributed by atoms with Crippen molar-refractivity contribution in [2.24, 2.45) is 0 Å². The highest BCUT2D eigenvalue weighted by Crippen LogP contribution is 2.29. The van der Waals surface area contributed by atoms with Crippen molar-refractivity contribution in [3.63, 3.8) is 0 Å². The van der Waals surface area contributed by atoms with E-state index >= 15 is 0 Å². The van der Waals surface area contributed by atoms with Crippen LogP contribution in [0.25, 0.3) is 0 Å². The molecule has 6 heteroatoms.